The molecular weight excluding hydrogens is 266 g/mol. The van der Waals surface area contributed by atoms with E-state index in [4.69, 9.17) is 4.74 Å². The highest BCUT2D eigenvalue weighted by molar-refractivity contribution is 5.89. The van der Waals surface area contributed by atoms with Gasteiger partial charge < -0.3 is 14.7 Å². The van der Waals surface area contributed by atoms with Crippen molar-refractivity contribution in [3.8, 4) is 11.5 Å². The summed E-state index contributed by atoms with van der Waals surface area (Å²) in [4.78, 5) is 14.9. The Labute approximate surface area is 123 Å². The molecule has 1 saturated carbocycles. The number of hydrogen-bond donors (Lipinski definition) is 1. The standard InChI is InChI=1S/C17H19NO3/c1-18-7-6-17-10-3-5-13(20)16(17)21-15-12(19)4-2-9(14(15)17)8-11(10)18/h2,4,10-11,16,19H,3,5-8H2,1H3/t10-,11+,16?,17?/m0/s1. The first-order chi connectivity index (χ1) is 10.1. The number of hydrogen-bond acceptors (Lipinski definition) is 4. The number of benzene rings is 1. The van der Waals surface area contributed by atoms with E-state index in [1.807, 2.05) is 6.07 Å². The van der Waals surface area contributed by atoms with E-state index in [2.05, 4.69) is 11.9 Å². The number of likely N-dealkylation sites (N-methyl/N-ethyl adjacent to an activating group) is 1. The molecule has 1 N–H and O–H groups in total. The third-order valence-electron chi connectivity index (χ3n) is 6.39. The highest BCUT2D eigenvalue weighted by atomic mass is 16.5. The number of nitrogens with zero attached hydrogens (tertiary/aromatic N) is 1. The molecule has 4 aliphatic rings. The molecule has 5 rings (SSSR count). The fourth-order valence-corrected chi connectivity index (χ4v) is 5.52. The third kappa shape index (κ3) is 1.20. The molecular formula is C17H19NO3. The molecule has 2 fully saturated rings. The fraction of sp³-hybridized carbons (Fsp3) is 0.588. The number of carbonyl (C=O) groups is 1. The predicted molar refractivity (Wildman–Crippen MR) is 76.7 cm³/mol. The number of rotatable bonds is 0. The second kappa shape index (κ2) is 3.61. The molecule has 1 aromatic carbocycles. The van der Waals surface area contributed by atoms with Crippen molar-refractivity contribution in [3.63, 3.8) is 0 Å². The number of likely N-dealkylation sites (tertiary alicyclic amines) is 1. The smallest absolute Gasteiger partial charge is 0.174 e. The second-order valence-electron chi connectivity index (χ2n) is 7.10. The lowest BCUT2D eigenvalue weighted by Gasteiger charge is -2.57. The highest BCUT2D eigenvalue weighted by Gasteiger charge is 2.65. The Morgan fingerprint density at radius 1 is 1.43 bits per heavy atom. The van der Waals surface area contributed by atoms with Gasteiger partial charge in [-0.3, -0.25) is 4.79 Å². The van der Waals surface area contributed by atoms with Gasteiger partial charge in [0.05, 0.1) is 0 Å². The number of aromatic hydroxyl groups is 1. The number of carbonyl (C=O) groups excluding carboxylic acids is 1. The minimum atomic E-state index is -0.366. The number of phenols is 1. The maximum absolute atomic E-state index is 12.5. The summed E-state index contributed by atoms with van der Waals surface area (Å²) in [6.07, 6.45) is 3.18. The lowest BCUT2D eigenvalue weighted by Crippen LogP contribution is -2.65. The van der Waals surface area contributed by atoms with Crippen LogP contribution >= 0.6 is 0 Å². The van der Waals surface area contributed by atoms with Crippen LogP contribution in [0, 0.1) is 5.92 Å². The van der Waals surface area contributed by atoms with Gasteiger partial charge in [-0.2, -0.15) is 0 Å². The number of Topliss-reactive ketones (excluding diaryl/α,β-unsaturated/α-hetero) is 1. The first-order valence-corrected chi connectivity index (χ1v) is 7.88. The lowest BCUT2D eigenvalue weighted by atomic mass is 9.52. The summed E-state index contributed by atoms with van der Waals surface area (Å²) in [5.74, 6) is 1.50. The van der Waals surface area contributed by atoms with Gasteiger partial charge in [0.15, 0.2) is 23.4 Å². The molecule has 1 saturated heterocycles. The van der Waals surface area contributed by atoms with Crippen molar-refractivity contribution in [2.24, 2.45) is 5.92 Å². The van der Waals surface area contributed by atoms with E-state index >= 15 is 0 Å². The number of ether oxygens (including phenoxy) is 1. The van der Waals surface area contributed by atoms with Crippen molar-refractivity contribution < 1.29 is 14.6 Å². The minimum absolute atomic E-state index is 0.172. The van der Waals surface area contributed by atoms with Crippen molar-refractivity contribution in [1.82, 2.24) is 4.90 Å². The van der Waals surface area contributed by atoms with Crippen molar-refractivity contribution >= 4 is 5.78 Å². The van der Waals surface area contributed by atoms with Crippen LogP contribution in [0.2, 0.25) is 0 Å². The van der Waals surface area contributed by atoms with Gasteiger partial charge in [0.2, 0.25) is 0 Å². The van der Waals surface area contributed by atoms with Gasteiger partial charge >= 0.3 is 0 Å². The summed E-state index contributed by atoms with van der Waals surface area (Å²) >= 11 is 0. The molecule has 4 atom stereocenters. The van der Waals surface area contributed by atoms with Gasteiger partial charge in [0.1, 0.15) is 0 Å². The number of piperidine rings is 1. The van der Waals surface area contributed by atoms with Crippen LogP contribution in [0.25, 0.3) is 0 Å². The van der Waals surface area contributed by atoms with Crippen LogP contribution in [-0.4, -0.2) is 41.5 Å². The summed E-state index contributed by atoms with van der Waals surface area (Å²) in [5.41, 5.74) is 2.26. The lowest BCUT2D eigenvalue weighted by molar-refractivity contribution is -0.138. The minimum Gasteiger partial charge on any atom is -0.504 e. The van der Waals surface area contributed by atoms with Gasteiger partial charge in [0, 0.05) is 23.4 Å². The molecule has 2 unspecified atom stereocenters. The molecule has 1 spiro atoms. The largest absolute Gasteiger partial charge is 0.504 e. The average Bonchev–Trinajstić information content (AvgIpc) is 2.83. The van der Waals surface area contributed by atoms with Crippen LogP contribution in [0.4, 0.5) is 0 Å². The van der Waals surface area contributed by atoms with Gasteiger partial charge in [-0.25, -0.2) is 0 Å². The Morgan fingerprint density at radius 3 is 3.14 bits per heavy atom. The van der Waals surface area contributed by atoms with Crippen LogP contribution in [0.5, 0.6) is 11.5 Å². The zero-order valence-corrected chi connectivity index (χ0v) is 12.1. The zero-order valence-electron chi connectivity index (χ0n) is 12.1. The van der Waals surface area contributed by atoms with E-state index in [0.717, 1.165) is 31.4 Å². The van der Waals surface area contributed by atoms with E-state index in [1.54, 1.807) is 6.07 Å². The molecule has 2 heterocycles. The topological polar surface area (TPSA) is 49.8 Å². The maximum atomic E-state index is 12.5. The molecule has 1 aromatic rings. The van der Waals surface area contributed by atoms with E-state index < -0.39 is 0 Å². The molecule has 0 radical (unpaired) electrons. The molecule has 0 amide bonds. The van der Waals surface area contributed by atoms with Gasteiger partial charge in [-0.15, -0.1) is 0 Å². The van der Waals surface area contributed by atoms with Crippen LogP contribution in [0.1, 0.15) is 30.4 Å². The second-order valence-corrected chi connectivity index (χ2v) is 7.10. The molecule has 2 aliphatic heterocycles. The van der Waals surface area contributed by atoms with Crippen LogP contribution in [0.15, 0.2) is 12.1 Å². The Balaban J connectivity index is 1.83. The summed E-state index contributed by atoms with van der Waals surface area (Å²) in [6, 6.07) is 4.26. The molecule has 110 valence electrons. The SMILES string of the molecule is CN1CCC23c4c5ccc(O)c4OC2C(=O)CC[C@H]3[C@H]1C5. The maximum Gasteiger partial charge on any atom is 0.174 e. The van der Waals surface area contributed by atoms with Crippen LogP contribution < -0.4 is 4.74 Å². The quantitative estimate of drug-likeness (QED) is 0.787. The van der Waals surface area contributed by atoms with Crippen molar-refractivity contribution in [2.75, 3.05) is 13.6 Å². The zero-order chi connectivity index (χ0) is 14.4. The summed E-state index contributed by atoms with van der Waals surface area (Å²) in [5, 5.41) is 10.2. The Morgan fingerprint density at radius 2 is 2.29 bits per heavy atom. The summed E-state index contributed by atoms with van der Waals surface area (Å²) < 4.78 is 6.04. The summed E-state index contributed by atoms with van der Waals surface area (Å²) in [7, 11) is 2.20. The van der Waals surface area contributed by atoms with Crippen molar-refractivity contribution in [1.29, 1.82) is 0 Å². The fourth-order valence-electron chi connectivity index (χ4n) is 5.52. The molecule has 21 heavy (non-hydrogen) atoms. The Hall–Kier alpha value is -1.55. The molecule has 4 heteroatoms. The molecule has 4 nitrogen and oxygen atoms in total. The first kappa shape index (κ1) is 12.0. The van der Waals surface area contributed by atoms with Gasteiger partial charge in [-0.1, -0.05) is 6.07 Å². The van der Waals surface area contributed by atoms with Crippen LogP contribution in [-0.2, 0) is 16.6 Å². The predicted octanol–water partition coefficient (Wildman–Crippen LogP) is 1.63. The molecule has 2 bridgehead atoms. The van der Waals surface area contributed by atoms with E-state index in [1.165, 1.54) is 5.56 Å². The van der Waals surface area contributed by atoms with Gasteiger partial charge in [-0.05, 0) is 50.4 Å². The molecule has 2 aliphatic carbocycles. The average molecular weight is 285 g/mol. The van der Waals surface area contributed by atoms with Crippen molar-refractivity contribution in [3.05, 3.63) is 23.3 Å². The monoisotopic (exact) mass is 285 g/mol. The van der Waals surface area contributed by atoms with Crippen molar-refractivity contribution in [2.45, 2.75) is 43.2 Å². The van der Waals surface area contributed by atoms with E-state index in [0.29, 0.717) is 24.1 Å². The molecule has 0 aromatic heterocycles. The summed E-state index contributed by atoms with van der Waals surface area (Å²) in [6.45, 7) is 1.00. The Kier molecular flexibility index (Phi) is 2.07. The van der Waals surface area contributed by atoms with E-state index in [-0.39, 0.29) is 23.1 Å². The number of phenolic OH excluding ortho intramolecular Hbond substituents is 1. The first-order valence-electron chi connectivity index (χ1n) is 7.88. The Bertz CT molecular complexity index is 670. The highest BCUT2D eigenvalue weighted by Crippen LogP contribution is 2.62. The van der Waals surface area contributed by atoms with Crippen LogP contribution in [0.3, 0.4) is 0 Å². The van der Waals surface area contributed by atoms with E-state index in [9.17, 15) is 9.90 Å². The van der Waals surface area contributed by atoms with Gasteiger partial charge in [0.25, 0.3) is 0 Å². The normalized spacial score (nSPS) is 39.9. The number of ketones is 1. The third-order valence-corrected chi connectivity index (χ3v) is 6.39.